The Balaban J connectivity index is 0.00000162. The van der Waals surface area contributed by atoms with Crippen LogP contribution in [0.3, 0.4) is 0 Å². The summed E-state index contributed by atoms with van der Waals surface area (Å²) in [6.45, 7) is 4.59. The molecule has 1 aromatic rings. The smallest absolute Gasteiger partial charge is 0.224 e. The van der Waals surface area contributed by atoms with Crippen molar-refractivity contribution < 1.29 is 4.79 Å². The second-order valence-electron chi connectivity index (χ2n) is 4.32. The number of hydrogen-bond acceptors (Lipinski definition) is 4. The molecule has 1 saturated heterocycles. The van der Waals surface area contributed by atoms with Gasteiger partial charge in [-0.25, -0.2) is 4.98 Å². The predicted octanol–water partition coefficient (Wildman–Crippen LogP) is 1.82. The number of aromatic nitrogens is 1. The molecular formula is C12H21Cl2N3OS. The Labute approximate surface area is 130 Å². The Morgan fingerprint density at radius 2 is 2.37 bits per heavy atom. The lowest BCUT2D eigenvalue weighted by atomic mass is 10.1. The second-order valence-corrected chi connectivity index (χ2v) is 5.26. The monoisotopic (exact) mass is 325 g/mol. The third-order valence-electron chi connectivity index (χ3n) is 3.01. The van der Waals surface area contributed by atoms with E-state index in [0.717, 1.165) is 38.0 Å². The predicted molar refractivity (Wildman–Crippen MR) is 83.7 cm³/mol. The highest BCUT2D eigenvalue weighted by atomic mass is 35.5. The van der Waals surface area contributed by atoms with E-state index >= 15 is 0 Å². The maximum absolute atomic E-state index is 11.7. The van der Waals surface area contributed by atoms with E-state index in [2.05, 4.69) is 27.9 Å². The summed E-state index contributed by atoms with van der Waals surface area (Å²) in [6.07, 6.45) is 2.79. The van der Waals surface area contributed by atoms with Crippen LogP contribution in [0, 0.1) is 5.92 Å². The van der Waals surface area contributed by atoms with Crippen LogP contribution in [0.2, 0.25) is 0 Å². The van der Waals surface area contributed by atoms with Crippen LogP contribution in [-0.4, -0.2) is 30.5 Å². The summed E-state index contributed by atoms with van der Waals surface area (Å²) in [5, 5.41) is 9.44. The molecule has 2 N–H and O–H groups in total. The molecule has 1 amide bonds. The molecule has 0 bridgehead atoms. The number of nitrogens with one attached hydrogen (secondary N) is 2. The van der Waals surface area contributed by atoms with Gasteiger partial charge >= 0.3 is 0 Å². The van der Waals surface area contributed by atoms with Crippen molar-refractivity contribution in [2.24, 2.45) is 5.92 Å². The topological polar surface area (TPSA) is 54.0 Å². The zero-order valence-electron chi connectivity index (χ0n) is 11.0. The van der Waals surface area contributed by atoms with Crippen LogP contribution >= 0.6 is 36.2 Å². The van der Waals surface area contributed by atoms with Gasteiger partial charge < -0.3 is 10.6 Å². The molecule has 1 aromatic heterocycles. The van der Waals surface area contributed by atoms with E-state index in [4.69, 9.17) is 0 Å². The zero-order valence-corrected chi connectivity index (χ0v) is 13.4. The van der Waals surface area contributed by atoms with Gasteiger partial charge in [-0.1, -0.05) is 6.92 Å². The fraction of sp³-hybridized carbons (Fsp3) is 0.667. The molecule has 0 aromatic carbocycles. The molecule has 19 heavy (non-hydrogen) atoms. The fourth-order valence-electron chi connectivity index (χ4n) is 1.96. The average molecular weight is 326 g/mol. The summed E-state index contributed by atoms with van der Waals surface area (Å²) >= 11 is 1.70. The third kappa shape index (κ3) is 5.65. The van der Waals surface area contributed by atoms with Crippen molar-refractivity contribution >= 4 is 42.1 Å². The number of amides is 1. The summed E-state index contributed by atoms with van der Waals surface area (Å²) in [5.74, 6) is 0.345. The number of rotatable bonds is 5. The molecule has 0 aliphatic carbocycles. The maximum atomic E-state index is 11.7. The highest BCUT2D eigenvalue weighted by molar-refractivity contribution is 7.09. The van der Waals surface area contributed by atoms with Crippen LogP contribution in [-0.2, 0) is 17.6 Å². The second kappa shape index (κ2) is 9.53. The van der Waals surface area contributed by atoms with Gasteiger partial charge in [0, 0.05) is 24.9 Å². The molecule has 0 spiro atoms. The van der Waals surface area contributed by atoms with Crippen molar-refractivity contribution in [2.45, 2.75) is 26.2 Å². The highest BCUT2D eigenvalue weighted by Gasteiger charge is 2.21. The lowest BCUT2D eigenvalue weighted by Gasteiger charge is -2.08. The first kappa shape index (κ1) is 18.6. The van der Waals surface area contributed by atoms with E-state index in [0.29, 0.717) is 6.54 Å². The first-order valence-corrected chi connectivity index (χ1v) is 7.09. The lowest BCUT2D eigenvalue weighted by molar-refractivity contribution is -0.124. The van der Waals surface area contributed by atoms with Crippen molar-refractivity contribution in [1.82, 2.24) is 15.6 Å². The Kier molecular flexibility index (Phi) is 9.35. The molecule has 110 valence electrons. The Hall–Kier alpha value is -0.360. The largest absolute Gasteiger partial charge is 0.355 e. The minimum atomic E-state index is 0. The molecule has 2 rings (SSSR count). The number of hydrogen-bond donors (Lipinski definition) is 2. The standard InChI is InChI=1S/C12H19N3OS.2ClH/c1-2-11-15-10(8-17-11)4-6-14-12(16)9-3-5-13-7-9;;/h8-9,13H,2-7H2,1H3,(H,14,16);2*1H. The van der Waals surface area contributed by atoms with Gasteiger partial charge in [0.05, 0.1) is 16.6 Å². The van der Waals surface area contributed by atoms with Crippen molar-refractivity contribution in [1.29, 1.82) is 0 Å². The number of thiazole rings is 1. The van der Waals surface area contributed by atoms with Crippen molar-refractivity contribution in [3.05, 3.63) is 16.1 Å². The summed E-state index contributed by atoms with van der Waals surface area (Å²) in [4.78, 5) is 16.2. The lowest BCUT2D eigenvalue weighted by Crippen LogP contribution is -2.33. The molecule has 1 aliphatic rings. The van der Waals surface area contributed by atoms with E-state index in [1.165, 1.54) is 5.01 Å². The van der Waals surface area contributed by atoms with Crippen LogP contribution in [0.5, 0.6) is 0 Å². The van der Waals surface area contributed by atoms with Crippen molar-refractivity contribution in [3.63, 3.8) is 0 Å². The summed E-state index contributed by atoms with van der Waals surface area (Å²) in [6, 6.07) is 0. The zero-order chi connectivity index (χ0) is 12.1. The highest BCUT2D eigenvalue weighted by Crippen LogP contribution is 2.10. The van der Waals surface area contributed by atoms with E-state index in [-0.39, 0.29) is 36.6 Å². The normalized spacial score (nSPS) is 17.4. The molecular weight excluding hydrogens is 305 g/mol. The molecule has 7 heteroatoms. The van der Waals surface area contributed by atoms with Gasteiger partial charge in [-0.3, -0.25) is 4.79 Å². The summed E-state index contributed by atoms with van der Waals surface area (Å²) in [5.41, 5.74) is 1.09. The molecule has 1 unspecified atom stereocenters. The minimum absolute atomic E-state index is 0. The quantitative estimate of drug-likeness (QED) is 0.868. The maximum Gasteiger partial charge on any atom is 0.224 e. The van der Waals surface area contributed by atoms with Crippen LogP contribution in [0.15, 0.2) is 5.38 Å². The van der Waals surface area contributed by atoms with Gasteiger partial charge in [-0.2, -0.15) is 0 Å². The Bertz CT molecular complexity index is 381. The molecule has 1 fully saturated rings. The van der Waals surface area contributed by atoms with E-state index in [1.54, 1.807) is 11.3 Å². The number of carbonyl (C=O) groups is 1. The number of halogens is 2. The molecule has 1 atom stereocenters. The number of nitrogens with zero attached hydrogens (tertiary/aromatic N) is 1. The molecule has 1 aliphatic heterocycles. The molecule has 4 nitrogen and oxygen atoms in total. The van der Waals surface area contributed by atoms with Gasteiger partial charge in [0.2, 0.25) is 5.91 Å². The van der Waals surface area contributed by atoms with Gasteiger partial charge in [0.1, 0.15) is 0 Å². The van der Waals surface area contributed by atoms with Crippen molar-refractivity contribution in [2.75, 3.05) is 19.6 Å². The van der Waals surface area contributed by atoms with Crippen LogP contribution in [0.25, 0.3) is 0 Å². The van der Waals surface area contributed by atoms with Crippen LogP contribution in [0.4, 0.5) is 0 Å². The van der Waals surface area contributed by atoms with Crippen LogP contribution in [0.1, 0.15) is 24.0 Å². The number of carbonyl (C=O) groups excluding carboxylic acids is 1. The van der Waals surface area contributed by atoms with Crippen molar-refractivity contribution in [3.8, 4) is 0 Å². The fourth-order valence-corrected chi connectivity index (χ4v) is 2.74. The number of aryl methyl sites for hydroxylation is 1. The first-order chi connectivity index (χ1) is 8.29. The third-order valence-corrected chi connectivity index (χ3v) is 4.06. The SMILES string of the molecule is CCc1nc(CCNC(=O)C2CCNC2)cs1.Cl.Cl. The first-order valence-electron chi connectivity index (χ1n) is 6.21. The van der Waals surface area contributed by atoms with E-state index in [9.17, 15) is 4.79 Å². The van der Waals surface area contributed by atoms with Gasteiger partial charge in [0.15, 0.2) is 0 Å². The Morgan fingerprint density at radius 3 is 2.95 bits per heavy atom. The van der Waals surface area contributed by atoms with Gasteiger partial charge in [0.25, 0.3) is 0 Å². The molecule has 0 saturated carbocycles. The van der Waals surface area contributed by atoms with E-state index in [1.807, 2.05) is 0 Å². The molecule has 0 radical (unpaired) electrons. The average Bonchev–Trinajstić information content (AvgIpc) is 3.00. The summed E-state index contributed by atoms with van der Waals surface area (Å²) in [7, 11) is 0. The van der Waals surface area contributed by atoms with E-state index < -0.39 is 0 Å². The Morgan fingerprint density at radius 1 is 1.58 bits per heavy atom. The molecule has 2 heterocycles. The summed E-state index contributed by atoms with van der Waals surface area (Å²) < 4.78 is 0. The minimum Gasteiger partial charge on any atom is -0.355 e. The van der Waals surface area contributed by atoms with Gasteiger partial charge in [-0.15, -0.1) is 36.2 Å². The van der Waals surface area contributed by atoms with Gasteiger partial charge in [-0.05, 0) is 19.4 Å². The van der Waals surface area contributed by atoms with Crippen LogP contribution < -0.4 is 10.6 Å².